The molecule has 0 aliphatic carbocycles. The van der Waals surface area contributed by atoms with Crippen molar-refractivity contribution in [3.8, 4) is 0 Å². The highest BCUT2D eigenvalue weighted by Crippen LogP contribution is 2.17. The van der Waals surface area contributed by atoms with Crippen molar-refractivity contribution in [1.29, 1.82) is 0 Å². The largest absolute Gasteiger partial charge is 0.382 e. The molecule has 0 atom stereocenters. The summed E-state index contributed by atoms with van der Waals surface area (Å²) in [4.78, 5) is 10.3. The number of unbranched alkanes of at least 4 members (excludes halogenated alkanes) is 1. The van der Waals surface area contributed by atoms with Crippen LogP contribution < -0.4 is 10.6 Å². The maximum atomic E-state index is 5.45. The molecule has 0 saturated heterocycles. The van der Waals surface area contributed by atoms with Crippen LogP contribution in [0.15, 0.2) is 4.99 Å². The highest BCUT2D eigenvalue weighted by Gasteiger charge is 2.04. The van der Waals surface area contributed by atoms with E-state index in [4.69, 9.17) is 9.47 Å². The van der Waals surface area contributed by atoms with Gasteiger partial charge in [-0.15, -0.1) is 11.3 Å². The summed E-state index contributed by atoms with van der Waals surface area (Å²) in [5.74, 6) is 0.859. The number of aryl methyl sites for hydroxylation is 2. The summed E-state index contributed by atoms with van der Waals surface area (Å²) in [6.45, 7) is 10.7. The first-order chi connectivity index (χ1) is 11.2. The van der Waals surface area contributed by atoms with E-state index in [2.05, 4.69) is 27.5 Å². The number of nitrogens with zero attached hydrogens (tertiary/aromatic N) is 2. The van der Waals surface area contributed by atoms with E-state index in [1.807, 2.05) is 13.8 Å². The number of aliphatic imine (C=N–C) groups is 1. The molecule has 0 unspecified atom stereocenters. The first kappa shape index (κ1) is 19.9. The second kappa shape index (κ2) is 12.3. The van der Waals surface area contributed by atoms with Crippen molar-refractivity contribution in [2.24, 2.45) is 4.99 Å². The molecule has 0 radical (unpaired) electrons. The summed E-state index contributed by atoms with van der Waals surface area (Å²) < 4.78 is 10.4. The van der Waals surface area contributed by atoms with Gasteiger partial charge in [-0.3, -0.25) is 0 Å². The molecule has 2 N–H and O–H groups in total. The Bertz CT molecular complexity index is 463. The van der Waals surface area contributed by atoms with Gasteiger partial charge in [0.1, 0.15) is 0 Å². The number of hydrogen-bond acceptors (Lipinski definition) is 5. The van der Waals surface area contributed by atoms with Crippen LogP contribution in [0, 0.1) is 13.8 Å². The van der Waals surface area contributed by atoms with Crippen LogP contribution in [0.3, 0.4) is 0 Å². The molecular formula is C16H30N4O2S. The topological polar surface area (TPSA) is 67.8 Å². The predicted molar refractivity (Wildman–Crippen MR) is 96.3 cm³/mol. The van der Waals surface area contributed by atoms with Gasteiger partial charge in [0.15, 0.2) is 5.96 Å². The van der Waals surface area contributed by atoms with Crippen LogP contribution in [-0.2, 0) is 16.0 Å². The van der Waals surface area contributed by atoms with E-state index >= 15 is 0 Å². The van der Waals surface area contributed by atoms with Crippen molar-refractivity contribution in [2.45, 2.75) is 40.2 Å². The number of thiazole rings is 1. The summed E-state index contributed by atoms with van der Waals surface area (Å²) >= 11 is 1.72. The zero-order chi connectivity index (χ0) is 16.9. The van der Waals surface area contributed by atoms with E-state index in [1.54, 1.807) is 18.4 Å². The van der Waals surface area contributed by atoms with E-state index in [-0.39, 0.29) is 0 Å². The SMILES string of the molecule is CCNC(=NCc1sc(C)nc1C)NCCCCOCCOC. The minimum absolute atomic E-state index is 0.659. The molecule has 132 valence electrons. The minimum atomic E-state index is 0.659. The van der Waals surface area contributed by atoms with Crippen molar-refractivity contribution in [3.05, 3.63) is 15.6 Å². The lowest BCUT2D eigenvalue weighted by atomic mass is 10.3. The first-order valence-electron chi connectivity index (χ1n) is 8.19. The number of ether oxygens (including phenoxy) is 2. The number of nitrogens with one attached hydrogen (secondary N) is 2. The van der Waals surface area contributed by atoms with Crippen LogP contribution in [-0.4, -0.2) is 51.0 Å². The molecule has 7 heteroatoms. The molecule has 0 fully saturated rings. The number of guanidine groups is 1. The average molecular weight is 343 g/mol. The second-order valence-corrected chi connectivity index (χ2v) is 6.46. The van der Waals surface area contributed by atoms with E-state index < -0.39 is 0 Å². The van der Waals surface area contributed by atoms with Gasteiger partial charge >= 0.3 is 0 Å². The quantitative estimate of drug-likeness (QED) is 0.367. The molecule has 0 aliphatic rings. The van der Waals surface area contributed by atoms with Gasteiger partial charge in [-0.2, -0.15) is 0 Å². The molecule has 0 bridgehead atoms. The second-order valence-electron chi connectivity index (χ2n) is 5.18. The molecule has 0 aliphatic heterocycles. The normalized spacial score (nSPS) is 11.7. The van der Waals surface area contributed by atoms with Gasteiger partial charge in [0.05, 0.1) is 30.5 Å². The van der Waals surface area contributed by atoms with Gasteiger partial charge in [-0.25, -0.2) is 9.98 Å². The summed E-state index contributed by atoms with van der Waals surface area (Å²) in [5.41, 5.74) is 1.08. The fraction of sp³-hybridized carbons (Fsp3) is 0.750. The van der Waals surface area contributed by atoms with Crippen LogP contribution in [0.25, 0.3) is 0 Å². The predicted octanol–water partition coefficient (Wildman–Crippen LogP) is 2.26. The molecular weight excluding hydrogens is 312 g/mol. The fourth-order valence-electron chi connectivity index (χ4n) is 1.99. The summed E-state index contributed by atoms with van der Waals surface area (Å²) in [6, 6.07) is 0. The highest BCUT2D eigenvalue weighted by molar-refractivity contribution is 7.11. The van der Waals surface area contributed by atoms with Gasteiger partial charge < -0.3 is 20.1 Å². The van der Waals surface area contributed by atoms with Gasteiger partial charge in [-0.1, -0.05) is 0 Å². The van der Waals surface area contributed by atoms with Gasteiger partial charge in [0.25, 0.3) is 0 Å². The molecule has 0 amide bonds. The Labute approximate surface area is 143 Å². The Morgan fingerprint density at radius 1 is 1.17 bits per heavy atom. The molecule has 1 heterocycles. The van der Waals surface area contributed by atoms with Crippen LogP contribution in [0.2, 0.25) is 0 Å². The van der Waals surface area contributed by atoms with Gasteiger partial charge in [0.2, 0.25) is 0 Å². The van der Waals surface area contributed by atoms with Gasteiger partial charge in [-0.05, 0) is 33.6 Å². The van der Waals surface area contributed by atoms with E-state index in [0.29, 0.717) is 19.8 Å². The summed E-state index contributed by atoms with van der Waals surface area (Å²) in [5, 5.41) is 7.73. The average Bonchev–Trinajstić information content (AvgIpc) is 2.85. The Morgan fingerprint density at radius 2 is 2.00 bits per heavy atom. The zero-order valence-electron chi connectivity index (χ0n) is 14.8. The molecule has 1 rings (SSSR count). The first-order valence-corrected chi connectivity index (χ1v) is 9.00. The lowest BCUT2D eigenvalue weighted by Gasteiger charge is -2.11. The zero-order valence-corrected chi connectivity index (χ0v) is 15.6. The maximum Gasteiger partial charge on any atom is 0.191 e. The van der Waals surface area contributed by atoms with E-state index in [1.165, 1.54) is 4.88 Å². The third-order valence-corrected chi connectivity index (χ3v) is 4.22. The lowest BCUT2D eigenvalue weighted by Crippen LogP contribution is -2.37. The van der Waals surface area contributed by atoms with E-state index in [9.17, 15) is 0 Å². The standard InChI is InChI=1S/C16H30N4O2S/c1-5-17-16(18-8-6-7-9-22-11-10-21-4)19-12-15-13(2)20-14(3)23-15/h5-12H2,1-4H3,(H2,17,18,19). The molecule has 6 nitrogen and oxygen atoms in total. The molecule has 23 heavy (non-hydrogen) atoms. The third-order valence-electron chi connectivity index (χ3n) is 3.16. The van der Waals surface area contributed by atoms with Crippen molar-refractivity contribution in [3.63, 3.8) is 0 Å². The molecule has 1 aromatic rings. The fourth-order valence-corrected chi connectivity index (χ4v) is 2.85. The maximum absolute atomic E-state index is 5.45. The highest BCUT2D eigenvalue weighted by atomic mass is 32.1. The number of hydrogen-bond donors (Lipinski definition) is 2. The van der Waals surface area contributed by atoms with Crippen LogP contribution >= 0.6 is 11.3 Å². The van der Waals surface area contributed by atoms with Crippen molar-refractivity contribution >= 4 is 17.3 Å². The Kier molecular flexibility index (Phi) is 10.6. The molecule has 0 aromatic carbocycles. The summed E-state index contributed by atoms with van der Waals surface area (Å²) in [7, 11) is 1.68. The van der Waals surface area contributed by atoms with Crippen molar-refractivity contribution in [2.75, 3.05) is 40.0 Å². The van der Waals surface area contributed by atoms with Crippen LogP contribution in [0.4, 0.5) is 0 Å². The third kappa shape index (κ3) is 8.88. The number of rotatable bonds is 11. The minimum Gasteiger partial charge on any atom is -0.382 e. The monoisotopic (exact) mass is 342 g/mol. The molecule has 0 saturated carbocycles. The van der Waals surface area contributed by atoms with E-state index in [0.717, 1.165) is 49.2 Å². The Hall–Kier alpha value is -1.18. The van der Waals surface area contributed by atoms with Crippen molar-refractivity contribution < 1.29 is 9.47 Å². The number of methoxy groups -OCH3 is 1. The lowest BCUT2D eigenvalue weighted by molar-refractivity contribution is 0.0689. The Balaban J connectivity index is 2.26. The van der Waals surface area contributed by atoms with Gasteiger partial charge in [0, 0.05) is 31.7 Å². The van der Waals surface area contributed by atoms with Crippen LogP contribution in [0.1, 0.15) is 35.3 Å². The smallest absolute Gasteiger partial charge is 0.191 e. The molecule has 1 aromatic heterocycles. The number of aromatic nitrogens is 1. The Morgan fingerprint density at radius 3 is 2.65 bits per heavy atom. The summed E-state index contributed by atoms with van der Waals surface area (Å²) in [6.07, 6.45) is 2.08. The van der Waals surface area contributed by atoms with Crippen LogP contribution in [0.5, 0.6) is 0 Å². The molecule has 0 spiro atoms. The van der Waals surface area contributed by atoms with Crippen molar-refractivity contribution in [1.82, 2.24) is 15.6 Å².